The maximum atomic E-state index is 6.42. The third kappa shape index (κ3) is 4.48. The Morgan fingerprint density at radius 3 is 0.950 bits per heavy atom. The van der Waals surface area contributed by atoms with Crippen LogP contribution < -0.4 is 0 Å². The van der Waals surface area contributed by atoms with Gasteiger partial charge in [0.15, 0.2) is 0 Å². The fraction of sp³-hybridized carbons (Fsp3) is 0. The summed E-state index contributed by atoms with van der Waals surface area (Å²) in [4.78, 5) is 0. The van der Waals surface area contributed by atoms with Gasteiger partial charge in [0.1, 0.15) is 22.3 Å². The van der Waals surface area contributed by atoms with Crippen molar-refractivity contribution in [2.75, 3.05) is 0 Å². The fourth-order valence-corrected chi connectivity index (χ4v) is 10.3. The van der Waals surface area contributed by atoms with Crippen LogP contribution >= 0.6 is 0 Å². The molecule has 0 aliphatic rings. The van der Waals surface area contributed by atoms with E-state index in [1.807, 2.05) is 0 Å². The Morgan fingerprint density at radius 2 is 0.517 bits per heavy atom. The van der Waals surface area contributed by atoms with Crippen molar-refractivity contribution in [2.45, 2.75) is 0 Å². The van der Waals surface area contributed by atoms with E-state index in [0.29, 0.717) is 0 Å². The molecule has 14 rings (SSSR count). The summed E-state index contributed by atoms with van der Waals surface area (Å²) in [6.07, 6.45) is 0. The zero-order valence-corrected chi connectivity index (χ0v) is 32.3. The van der Waals surface area contributed by atoms with Crippen molar-refractivity contribution in [3.05, 3.63) is 194 Å². The minimum Gasteiger partial charge on any atom is -0.456 e. The van der Waals surface area contributed by atoms with E-state index in [2.05, 4.69) is 194 Å². The normalized spacial score (nSPS) is 12.3. The lowest BCUT2D eigenvalue weighted by Gasteiger charge is -2.18. The summed E-state index contributed by atoms with van der Waals surface area (Å²) in [5, 5.41) is 22.0. The van der Waals surface area contributed by atoms with Gasteiger partial charge in [-0.15, -0.1) is 0 Å². The van der Waals surface area contributed by atoms with Gasteiger partial charge in [0.2, 0.25) is 0 Å². The predicted molar refractivity (Wildman–Crippen MR) is 254 cm³/mol. The zero-order valence-electron chi connectivity index (χ0n) is 32.3. The van der Waals surface area contributed by atoms with Crippen molar-refractivity contribution in [3.63, 3.8) is 0 Å². The van der Waals surface area contributed by atoms with Crippen LogP contribution in [0.25, 0.3) is 142 Å². The minimum absolute atomic E-state index is 0.903. The molecule has 14 aromatic rings. The molecule has 0 atom stereocenters. The van der Waals surface area contributed by atoms with Crippen molar-refractivity contribution in [1.29, 1.82) is 0 Å². The number of hydrogen-bond donors (Lipinski definition) is 0. The zero-order chi connectivity index (χ0) is 39.1. The molecule has 0 amide bonds. The first-order valence-corrected chi connectivity index (χ1v) is 20.6. The molecule has 0 spiro atoms. The Morgan fingerprint density at radius 1 is 0.200 bits per heavy atom. The summed E-state index contributed by atoms with van der Waals surface area (Å²) in [7, 11) is 0. The highest BCUT2D eigenvalue weighted by Crippen LogP contribution is 2.46. The summed E-state index contributed by atoms with van der Waals surface area (Å²) in [5.41, 5.74) is 8.32. The molecule has 276 valence electrons. The molecule has 2 nitrogen and oxygen atoms in total. The second-order valence-electron chi connectivity index (χ2n) is 16.4. The maximum Gasteiger partial charge on any atom is 0.136 e. The molecule has 60 heavy (non-hydrogen) atoms. The number of hydrogen-bond acceptors (Lipinski definition) is 2. The van der Waals surface area contributed by atoms with E-state index < -0.39 is 0 Å². The molecule has 0 unspecified atom stereocenters. The Hall–Kier alpha value is -7.94. The standard InChI is InChI=1S/C58H32O2/c1-3-11-35-31-55-51(27-33(35)9-1)49-29-39(19-23-53(49)59-55)37-17-21-45-47(25-37)48-26-38(40-20-24-54-50(30-40)52-28-34-10-2-4-12-36(34)32-56(52)60-54)18-22-46(48)58-44-16-8-6-14-42(44)41-13-5-7-15-43(41)57(45)58/h1-32H. The molecule has 0 bridgehead atoms. The molecule has 2 heteroatoms. The van der Waals surface area contributed by atoms with Gasteiger partial charge in [-0.05, 0) is 158 Å². The number of furan rings is 2. The SMILES string of the molecule is c1ccc2cc3c(cc2c1)oc1ccc(-c2ccc4c(c2)c2cc(-c5ccc6oc7cc8ccccc8cc7c6c5)ccc2c2c5ccccc5c5ccccc5c42)cc13. The van der Waals surface area contributed by atoms with E-state index in [4.69, 9.17) is 8.83 Å². The van der Waals surface area contributed by atoms with Gasteiger partial charge in [-0.25, -0.2) is 0 Å². The molecule has 0 aliphatic carbocycles. The topological polar surface area (TPSA) is 26.3 Å². The van der Waals surface area contributed by atoms with Crippen LogP contribution in [0.5, 0.6) is 0 Å². The number of rotatable bonds is 2. The van der Waals surface area contributed by atoms with E-state index in [1.54, 1.807) is 0 Å². The molecule has 2 heterocycles. The highest BCUT2D eigenvalue weighted by Gasteiger charge is 2.19. The first-order chi connectivity index (χ1) is 29.7. The first-order valence-electron chi connectivity index (χ1n) is 20.6. The van der Waals surface area contributed by atoms with Crippen molar-refractivity contribution in [1.82, 2.24) is 0 Å². The van der Waals surface area contributed by atoms with Gasteiger partial charge in [-0.1, -0.05) is 133 Å². The Balaban J connectivity index is 1.05. The van der Waals surface area contributed by atoms with Gasteiger partial charge in [-0.3, -0.25) is 0 Å². The monoisotopic (exact) mass is 760 g/mol. The summed E-state index contributed by atoms with van der Waals surface area (Å²) < 4.78 is 12.8. The van der Waals surface area contributed by atoms with Crippen LogP contribution in [-0.4, -0.2) is 0 Å². The largest absolute Gasteiger partial charge is 0.456 e. The number of fused-ring (bicyclic) bond motifs is 19. The molecule has 2 aromatic heterocycles. The molecule has 12 aromatic carbocycles. The van der Waals surface area contributed by atoms with Crippen LogP contribution in [0.3, 0.4) is 0 Å². The van der Waals surface area contributed by atoms with Gasteiger partial charge in [0, 0.05) is 21.5 Å². The highest BCUT2D eigenvalue weighted by molar-refractivity contribution is 6.39. The van der Waals surface area contributed by atoms with E-state index in [-0.39, 0.29) is 0 Å². The molecule has 0 radical (unpaired) electrons. The Kier molecular flexibility index (Phi) is 6.32. The van der Waals surface area contributed by atoms with Crippen LogP contribution in [-0.2, 0) is 0 Å². The van der Waals surface area contributed by atoms with Crippen LogP contribution in [0.2, 0.25) is 0 Å². The summed E-state index contributed by atoms with van der Waals surface area (Å²) >= 11 is 0. The van der Waals surface area contributed by atoms with Gasteiger partial charge in [-0.2, -0.15) is 0 Å². The second kappa shape index (κ2) is 11.8. The van der Waals surface area contributed by atoms with Crippen LogP contribution in [0, 0.1) is 0 Å². The molecule has 0 saturated heterocycles. The van der Waals surface area contributed by atoms with E-state index in [9.17, 15) is 0 Å². The third-order valence-corrected chi connectivity index (χ3v) is 13.1. The predicted octanol–water partition coefficient (Wildman–Crippen LogP) is 16.9. The van der Waals surface area contributed by atoms with Crippen LogP contribution in [0.15, 0.2) is 203 Å². The smallest absolute Gasteiger partial charge is 0.136 e. The average molecular weight is 761 g/mol. The van der Waals surface area contributed by atoms with Crippen molar-refractivity contribution in [2.24, 2.45) is 0 Å². The molecule has 0 fully saturated rings. The third-order valence-electron chi connectivity index (χ3n) is 13.1. The molecular weight excluding hydrogens is 729 g/mol. The number of benzene rings is 12. The van der Waals surface area contributed by atoms with E-state index >= 15 is 0 Å². The lowest BCUT2D eigenvalue weighted by Crippen LogP contribution is -1.90. The van der Waals surface area contributed by atoms with Crippen molar-refractivity contribution >= 4 is 119 Å². The van der Waals surface area contributed by atoms with E-state index in [1.165, 1.54) is 86.5 Å². The summed E-state index contributed by atoms with van der Waals surface area (Å²) in [5.74, 6) is 0. The minimum atomic E-state index is 0.903. The van der Waals surface area contributed by atoms with Gasteiger partial charge in [0.05, 0.1) is 0 Å². The van der Waals surface area contributed by atoms with Gasteiger partial charge in [0.25, 0.3) is 0 Å². The Labute approximate surface area is 343 Å². The summed E-state index contributed by atoms with van der Waals surface area (Å²) in [6.45, 7) is 0. The Bertz CT molecular complexity index is 3910. The van der Waals surface area contributed by atoms with Crippen LogP contribution in [0.1, 0.15) is 0 Å². The molecule has 0 saturated carbocycles. The van der Waals surface area contributed by atoms with Gasteiger partial charge < -0.3 is 8.83 Å². The fourth-order valence-electron chi connectivity index (χ4n) is 10.3. The second-order valence-corrected chi connectivity index (χ2v) is 16.4. The lowest BCUT2D eigenvalue weighted by atomic mass is 9.85. The van der Waals surface area contributed by atoms with E-state index in [0.717, 1.165) is 55.0 Å². The highest BCUT2D eigenvalue weighted by atomic mass is 16.3. The van der Waals surface area contributed by atoms with Crippen molar-refractivity contribution < 1.29 is 8.83 Å². The molecule has 0 aliphatic heterocycles. The molecular formula is C58H32O2. The van der Waals surface area contributed by atoms with Crippen molar-refractivity contribution in [3.8, 4) is 22.3 Å². The molecule has 0 N–H and O–H groups in total. The first kappa shape index (κ1) is 32.1. The average Bonchev–Trinajstić information content (AvgIpc) is 3.85. The lowest BCUT2D eigenvalue weighted by molar-refractivity contribution is 0.669. The quantitative estimate of drug-likeness (QED) is 0.164. The van der Waals surface area contributed by atoms with Crippen LogP contribution in [0.4, 0.5) is 0 Å². The maximum absolute atomic E-state index is 6.42. The summed E-state index contributed by atoms with van der Waals surface area (Å²) in [6, 6.07) is 71.2. The van der Waals surface area contributed by atoms with Gasteiger partial charge >= 0.3 is 0 Å².